The van der Waals surface area contributed by atoms with Crippen molar-refractivity contribution in [2.45, 2.75) is 38.6 Å². The van der Waals surface area contributed by atoms with Crippen LogP contribution in [0.2, 0.25) is 5.02 Å². The molecule has 1 atom stereocenters. The van der Waals surface area contributed by atoms with Crippen molar-refractivity contribution in [1.29, 1.82) is 0 Å². The minimum Gasteiger partial charge on any atom is -0.443 e. The predicted octanol–water partition coefficient (Wildman–Crippen LogP) is 4.99. The van der Waals surface area contributed by atoms with Gasteiger partial charge in [-0.15, -0.1) is 0 Å². The lowest BCUT2D eigenvalue weighted by Gasteiger charge is -2.33. The average molecular weight is 396 g/mol. The molecule has 0 N–H and O–H groups in total. The number of nitrogens with zero attached hydrogens (tertiary/aromatic N) is 3. The molecule has 0 spiro atoms. The van der Waals surface area contributed by atoms with Crippen molar-refractivity contribution in [1.82, 2.24) is 14.9 Å². The number of aromatic nitrogens is 2. The van der Waals surface area contributed by atoms with Crippen LogP contribution in [0.3, 0.4) is 0 Å². The number of benzene rings is 1. The summed E-state index contributed by atoms with van der Waals surface area (Å²) in [5.74, 6) is 1.30. The maximum Gasteiger partial charge on any atom is 0.273 e. The molecule has 1 unspecified atom stereocenters. The minimum atomic E-state index is -0.156. The summed E-state index contributed by atoms with van der Waals surface area (Å²) < 4.78 is 6.04. The fourth-order valence-electron chi connectivity index (χ4n) is 3.65. The van der Waals surface area contributed by atoms with Gasteiger partial charge in [0.05, 0.1) is 6.20 Å². The molecular formula is C22H22ClN3O2. The van der Waals surface area contributed by atoms with E-state index in [1.807, 2.05) is 48.2 Å². The summed E-state index contributed by atoms with van der Waals surface area (Å²) in [6.45, 7) is 2.58. The van der Waals surface area contributed by atoms with Gasteiger partial charge in [0.2, 0.25) is 5.89 Å². The highest BCUT2D eigenvalue weighted by molar-refractivity contribution is 6.30. The number of aryl methyl sites for hydroxylation is 1. The Bertz CT molecular complexity index is 985. The number of hydrogen-bond acceptors (Lipinski definition) is 4. The third-order valence-electron chi connectivity index (χ3n) is 4.99. The van der Waals surface area contributed by atoms with Gasteiger partial charge in [0.25, 0.3) is 5.91 Å². The monoisotopic (exact) mass is 395 g/mol. The first kappa shape index (κ1) is 18.7. The molecule has 0 bridgehead atoms. The van der Waals surface area contributed by atoms with E-state index in [0.717, 1.165) is 36.3 Å². The molecule has 2 aromatic heterocycles. The SMILES string of the molecule is Cc1cccc(C(=O)N2CCCCC2c2ncc(Cc3cccc(Cl)c3)o2)n1. The molecule has 5 nitrogen and oxygen atoms in total. The van der Waals surface area contributed by atoms with Crippen molar-refractivity contribution in [3.63, 3.8) is 0 Å². The lowest BCUT2D eigenvalue weighted by molar-refractivity contribution is 0.0563. The molecule has 28 heavy (non-hydrogen) atoms. The number of piperidine rings is 1. The molecule has 0 aliphatic carbocycles. The summed E-state index contributed by atoms with van der Waals surface area (Å²) in [6.07, 6.45) is 5.23. The number of likely N-dealkylation sites (tertiary alicyclic amines) is 1. The van der Waals surface area contributed by atoms with Gasteiger partial charge in [0.15, 0.2) is 0 Å². The first-order valence-electron chi connectivity index (χ1n) is 9.54. The first-order chi connectivity index (χ1) is 13.6. The summed E-state index contributed by atoms with van der Waals surface area (Å²) in [5, 5.41) is 0.701. The van der Waals surface area contributed by atoms with E-state index in [4.69, 9.17) is 16.0 Å². The van der Waals surface area contributed by atoms with Crippen molar-refractivity contribution in [3.05, 3.63) is 82.3 Å². The van der Waals surface area contributed by atoms with Gasteiger partial charge in [-0.05, 0) is 56.0 Å². The van der Waals surface area contributed by atoms with Crippen LogP contribution in [0, 0.1) is 6.92 Å². The van der Waals surface area contributed by atoms with Gasteiger partial charge in [-0.1, -0.05) is 29.8 Å². The second-order valence-corrected chi connectivity index (χ2v) is 7.58. The van der Waals surface area contributed by atoms with Crippen molar-refractivity contribution in [2.75, 3.05) is 6.54 Å². The molecule has 1 aromatic carbocycles. The molecule has 144 valence electrons. The van der Waals surface area contributed by atoms with Crippen LogP contribution in [0.5, 0.6) is 0 Å². The zero-order valence-electron chi connectivity index (χ0n) is 15.8. The summed E-state index contributed by atoms with van der Waals surface area (Å²) in [5.41, 5.74) is 2.37. The molecule has 3 heterocycles. The van der Waals surface area contributed by atoms with E-state index in [2.05, 4.69) is 9.97 Å². The largest absolute Gasteiger partial charge is 0.443 e. The standard InChI is InChI=1S/C22H22ClN3O2/c1-15-6-4-9-19(25-15)22(27)26-11-3-2-10-20(26)21-24-14-18(28-21)13-16-7-5-8-17(23)12-16/h4-9,12,14,20H,2-3,10-11,13H2,1H3. The maximum atomic E-state index is 13.1. The quantitative estimate of drug-likeness (QED) is 0.624. The highest BCUT2D eigenvalue weighted by Crippen LogP contribution is 2.32. The van der Waals surface area contributed by atoms with Gasteiger partial charge in [-0.25, -0.2) is 9.97 Å². The molecule has 1 fully saturated rings. The third kappa shape index (κ3) is 4.09. The molecule has 0 saturated carbocycles. The molecule has 4 rings (SSSR count). The van der Waals surface area contributed by atoms with E-state index in [1.165, 1.54) is 0 Å². The smallest absolute Gasteiger partial charge is 0.273 e. The zero-order chi connectivity index (χ0) is 19.5. The van der Waals surface area contributed by atoms with Gasteiger partial charge in [-0.3, -0.25) is 4.79 Å². The Labute approximate surface area is 169 Å². The maximum absolute atomic E-state index is 13.1. The Hall–Kier alpha value is -2.66. The number of oxazole rings is 1. The van der Waals surface area contributed by atoms with Crippen LogP contribution in [0.15, 0.2) is 53.1 Å². The Morgan fingerprint density at radius 1 is 1.25 bits per heavy atom. The van der Waals surface area contributed by atoms with Crippen LogP contribution in [-0.4, -0.2) is 27.3 Å². The number of hydrogen-bond donors (Lipinski definition) is 0. The van der Waals surface area contributed by atoms with Crippen molar-refractivity contribution < 1.29 is 9.21 Å². The third-order valence-corrected chi connectivity index (χ3v) is 5.23. The van der Waals surface area contributed by atoms with Crippen LogP contribution >= 0.6 is 11.6 Å². The molecular weight excluding hydrogens is 374 g/mol. The van der Waals surface area contributed by atoms with Gasteiger partial charge in [0, 0.05) is 23.7 Å². The fourth-order valence-corrected chi connectivity index (χ4v) is 3.86. The van der Waals surface area contributed by atoms with Crippen molar-refractivity contribution >= 4 is 17.5 Å². The first-order valence-corrected chi connectivity index (χ1v) is 9.91. The highest BCUT2D eigenvalue weighted by atomic mass is 35.5. The summed E-state index contributed by atoms with van der Waals surface area (Å²) in [4.78, 5) is 23.8. The lowest BCUT2D eigenvalue weighted by Crippen LogP contribution is -2.39. The number of halogens is 1. The average Bonchev–Trinajstić information content (AvgIpc) is 3.16. The molecule has 3 aromatic rings. The second-order valence-electron chi connectivity index (χ2n) is 7.15. The van der Waals surface area contributed by atoms with E-state index in [-0.39, 0.29) is 11.9 Å². The molecule has 1 aliphatic heterocycles. The highest BCUT2D eigenvalue weighted by Gasteiger charge is 2.32. The lowest BCUT2D eigenvalue weighted by atomic mass is 10.0. The predicted molar refractivity (Wildman–Crippen MR) is 107 cm³/mol. The van der Waals surface area contributed by atoms with E-state index in [9.17, 15) is 4.79 Å². The van der Waals surface area contributed by atoms with E-state index < -0.39 is 0 Å². The number of carbonyl (C=O) groups excluding carboxylic acids is 1. The second kappa shape index (κ2) is 8.15. The van der Waals surface area contributed by atoms with E-state index >= 15 is 0 Å². The Kier molecular flexibility index (Phi) is 5.44. The Balaban J connectivity index is 1.55. The van der Waals surface area contributed by atoms with Crippen LogP contribution in [0.4, 0.5) is 0 Å². The summed E-state index contributed by atoms with van der Waals surface area (Å²) in [6, 6.07) is 13.1. The van der Waals surface area contributed by atoms with E-state index in [0.29, 0.717) is 29.6 Å². The number of carbonyl (C=O) groups is 1. The molecule has 1 amide bonds. The van der Waals surface area contributed by atoms with Crippen LogP contribution in [0.25, 0.3) is 0 Å². The molecule has 6 heteroatoms. The summed E-state index contributed by atoms with van der Waals surface area (Å²) in [7, 11) is 0. The van der Waals surface area contributed by atoms with Crippen LogP contribution < -0.4 is 0 Å². The Morgan fingerprint density at radius 2 is 2.11 bits per heavy atom. The Morgan fingerprint density at radius 3 is 2.93 bits per heavy atom. The van der Waals surface area contributed by atoms with Gasteiger partial charge in [0.1, 0.15) is 17.5 Å². The molecule has 0 radical (unpaired) electrons. The van der Waals surface area contributed by atoms with Gasteiger partial charge >= 0.3 is 0 Å². The topological polar surface area (TPSA) is 59.2 Å². The molecule has 1 aliphatic rings. The van der Waals surface area contributed by atoms with Crippen LogP contribution in [-0.2, 0) is 6.42 Å². The number of rotatable bonds is 4. The van der Waals surface area contributed by atoms with Gasteiger partial charge < -0.3 is 9.32 Å². The normalized spacial score (nSPS) is 16.9. The zero-order valence-corrected chi connectivity index (χ0v) is 16.5. The molecule has 1 saturated heterocycles. The fraction of sp³-hybridized carbons (Fsp3) is 0.318. The number of amides is 1. The number of pyridine rings is 1. The minimum absolute atomic E-state index is 0.0667. The van der Waals surface area contributed by atoms with Crippen molar-refractivity contribution in [3.8, 4) is 0 Å². The van der Waals surface area contributed by atoms with Crippen molar-refractivity contribution in [2.24, 2.45) is 0 Å². The van der Waals surface area contributed by atoms with E-state index in [1.54, 1.807) is 12.3 Å². The summed E-state index contributed by atoms with van der Waals surface area (Å²) >= 11 is 6.06. The van der Waals surface area contributed by atoms with Crippen LogP contribution in [0.1, 0.15) is 58.7 Å². The van der Waals surface area contributed by atoms with Gasteiger partial charge in [-0.2, -0.15) is 0 Å².